The van der Waals surface area contributed by atoms with Crippen molar-refractivity contribution < 1.29 is 4.79 Å². The maximum Gasteiger partial charge on any atom is 0.253 e. The first-order valence-electron chi connectivity index (χ1n) is 6.33. The SMILES string of the molecule is CCC(C)CN(CC)C(=O)c1ccc(N)c(Br)c1. The number of hydrogen-bond donors (Lipinski definition) is 1. The van der Waals surface area contributed by atoms with Gasteiger partial charge >= 0.3 is 0 Å². The summed E-state index contributed by atoms with van der Waals surface area (Å²) >= 11 is 3.35. The van der Waals surface area contributed by atoms with Gasteiger partial charge in [0, 0.05) is 28.8 Å². The zero-order valence-corrected chi connectivity index (χ0v) is 12.8. The second-order valence-corrected chi connectivity index (χ2v) is 5.45. The van der Waals surface area contributed by atoms with Crippen molar-refractivity contribution in [1.29, 1.82) is 0 Å². The first kappa shape index (κ1) is 15.0. The molecule has 1 aromatic carbocycles. The lowest BCUT2D eigenvalue weighted by Gasteiger charge is -2.24. The summed E-state index contributed by atoms with van der Waals surface area (Å²) in [6.45, 7) is 7.84. The van der Waals surface area contributed by atoms with Gasteiger partial charge in [0.1, 0.15) is 0 Å². The highest BCUT2D eigenvalue weighted by Crippen LogP contribution is 2.21. The van der Waals surface area contributed by atoms with Crippen LogP contribution in [0.25, 0.3) is 0 Å². The van der Waals surface area contributed by atoms with Gasteiger partial charge in [-0.1, -0.05) is 20.3 Å². The highest BCUT2D eigenvalue weighted by molar-refractivity contribution is 9.10. The Bertz CT molecular complexity index is 420. The summed E-state index contributed by atoms with van der Waals surface area (Å²) in [5, 5.41) is 0. The maximum atomic E-state index is 12.4. The van der Waals surface area contributed by atoms with Gasteiger partial charge in [-0.05, 0) is 47.0 Å². The first-order chi connectivity index (χ1) is 8.49. The van der Waals surface area contributed by atoms with Gasteiger partial charge in [0.15, 0.2) is 0 Å². The molecule has 0 aromatic heterocycles. The van der Waals surface area contributed by atoms with Crippen LogP contribution >= 0.6 is 15.9 Å². The molecule has 0 saturated heterocycles. The molecule has 18 heavy (non-hydrogen) atoms. The van der Waals surface area contributed by atoms with Crippen LogP contribution in [0.4, 0.5) is 5.69 Å². The predicted molar refractivity (Wildman–Crippen MR) is 79.6 cm³/mol. The number of rotatable bonds is 5. The van der Waals surface area contributed by atoms with Crippen LogP contribution in [0.3, 0.4) is 0 Å². The lowest BCUT2D eigenvalue weighted by atomic mass is 10.1. The Kier molecular flexibility index (Phi) is 5.66. The molecule has 1 atom stereocenters. The molecule has 4 heteroatoms. The Morgan fingerprint density at radius 3 is 2.61 bits per heavy atom. The Morgan fingerprint density at radius 1 is 1.44 bits per heavy atom. The average Bonchev–Trinajstić information content (AvgIpc) is 2.38. The Morgan fingerprint density at radius 2 is 2.11 bits per heavy atom. The van der Waals surface area contributed by atoms with Crippen LogP contribution in [0.15, 0.2) is 22.7 Å². The molecule has 3 nitrogen and oxygen atoms in total. The van der Waals surface area contributed by atoms with E-state index in [-0.39, 0.29) is 5.91 Å². The van der Waals surface area contributed by atoms with Crippen molar-refractivity contribution in [2.45, 2.75) is 27.2 Å². The molecule has 1 amide bonds. The standard InChI is InChI=1S/C14H21BrN2O/c1-4-10(3)9-17(5-2)14(18)11-6-7-13(16)12(15)8-11/h6-8,10H,4-5,9,16H2,1-3H3. The van der Waals surface area contributed by atoms with E-state index in [9.17, 15) is 4.79 Å². The topological polar surface area (TPSA) is 46.3 Å². The van der Waals surface area contributed by atoms with E-state index >= 15 is 0 Å². The van der Waals surface area contributed by atoms with E-state index in [1.807, 2.05) is 11.8 Å². The van der Waals surface area contributed by atoms with Crippen LogP contribution in [0.2, 0.25) is 0 Å². The lowest BCUT2D eigenvalue weighted by molar-refractivity contribution is 0.0741. The summed E-state index contributed by atoms with van der Waals surface area (Å²) in [6.07, 6.45) is 1.08. The van der Waals surface area contributed by atoms with E-state index in [0.29, 0.717) is 17.2 Å². The van der Waals surface area contributed by atoms with Crippen molar-refractivity contribution in [2.75, 3.05) is 18.8 Å². The van der Waals surface area contributed by atoms with Gasteiger partial charge < -0.3 is 10.6 Å². The van der Waals surface area contributed by atoms with Gasteiger partial charge in [-0.15, -0.1) is 0 Å². The van der Waals surface area contributed by atoms with Crippen molar-refractivity contribution in [3.63, 3.8) is 0 Å². The van der Waals surface area contributed by atoms with Crippen molar-refractivity contribution in [3.8, 4) is 0 Å². The lowest BCUT2D eigenvalue weighted by Crippen LogP contribution is -2.34. The molecule has 0 spiro atoms. The number of carbonyl (C=O) groups excluding carboxylic acids is 1. The number of nitrogens with two attached hydrogens (primary N) is 1. The minimum atomic E-state index is 0.0681. The van der Waals surface area contributed by atoms with Crippen molar-refractivity contribution >= 4 is 27.5 Å². The monoisotopic (exact) mass is 312 g/mol. The van der Waals surface area contributed by atoms with Crippen LogP contribution in [-0.2, 0) is 0 Å². The first-order valence-corrected chi connectivity index (χ1v) is 7.13. The van der Waals surface area contributed by atoms with Gasteiger partial charge in [-0.25, -0.2) is 0 Å². The van der Waals surface area contributed by atoms with Gasteiger partial charge in [-0.3, -0.25) is 4.79 Å². The molecule has 0 aliphatic heterocycles. The Balaban J connectivity index is 2.86. The van der Waals surface area contributed by atoms with Crippen LogP contribution in [-0.4, -0.2) is 23.9 Å². The van der Waals surface area contributed by atoms with Crippen LogP contribution in [0.5, 0.6) is 0 Å². The summed E-state index contributed by atoms with van der Waals surface area (Å²) in [6, 6.07) is 5.33. The minimum absolute atomic E-state index is 0.0681. The second kappa shape index (κ2) is 6.78. The van der Waals surface area contributed by atoms with Gasteiger partial charge in [0.2, 0.25) is 0 Å². The highest BCUT2D eigenvalue weighted by Gasteiger charge is 2.16. The van der Waals surface area contributed by atoms with E-state index in [2.05, 4.69) is 29.8 Å². The zero-order valence-electron chi connectivity index (χ0n) is 11.2. The molecule has 100 valence electrons. The fourth-order valence-electron chi connectivity index (χ4n) is 1.70. The Labute approximate surface area is 117 Å². The molecule has 0 aliphatic rings. The van der Waals surface area contributed by atoms with Crippen molar-refractivity contribution in [3.05, 3.63) is 28.2 Å². The number of benzene rings is 1. The van der Waals surface area contributed by atoms with E-state index < -0.39 is 0 Å². The third kappa shape index (κ3) is 3.73. The summed E-state index contributed by atoms with van der Waals surface area (Å²) in [5.41, 5.74) is 7.06. The van der Waals surface area contributed by atoms with E-state index in [1.165, 1.54) is 0 Å². The van der Waals surface area contributed by atoms with Crippen LogP contribution in [0.1, 0.15) is 37.6 Å². The molecule has 1 aromatic rings. The number of anilines is 1. The van der Waals surface area contributed by atoms with E-state index in [0.717, 1.165) is 24.0 Å². The fraction of sp³-hybridized carbons (Fsp3) is 0.500. The molecular weight excluding hydrogens is 292 g/mol. The smallest absolute Gasteiger partial charge is 0.253 e. The fourth-order valence-corrected chi connectivity index (χ4v) is 2.08. The Hall–Kier alpha value is -1.03. The summed E-state index contributed by atoms with van der Waals surface area (Å²) in [4.78, 5) is 14.2. The third-order valence-electron chi connectivity index (χ3n) is 3.15. The molecular formula is C14H21BrN2O. The number of nitrogen functional groups attached to an aromatic ring is 1. The average molecular weight is 313 g/mol. The largest absolute Gasteiger partial charge is 0.398 e. The van der Waals surface area contributed by atoms with Gasteiger partial charge in [0.25, 0.3) is 5.91 Å². The maximum absolute atomic E-state index is 12.4. The molecule has 0 bridgehead atoms. The number of hydrogen-bond acceptors (Lipinski definition) is 2. The zero-order chi connectivity index (χ0) is 13.7. The van der Waals surface area contributed by atoms with Crippen LogP contribution in [0, 0.1) is 5.92 Å². The number of halogens is 1. The third-order valence-corrected chi connectivity index (χ3v) is 3.83. The molecule has 1 rings (SSSR count). The molecule has 0 radical (unpaired) electrons. The quantitative estimate of drug-likeness (QED) is 0.845. The van der Waals surface area contributed by atoms with Gasteiger partial charge in [-0.2, -0.15) is 0 Å². The molecule has 0 aliphatic carbocycles. The van der Waals surface area contributed by atoms with Gasteiger partial charge in [0.05, 0.1) is 0 Å². The number of amides is 1. The van der Waals surface area contributed by atoms with E-state index in [4.69, 9.17) is 5.73 Å². The normalized spacial score (nSPS) is 12.2. The summed E-state index contributed by atoms with van der Waals surface area (Å²) in [5.74, 6) is 0.588. The van der Waals surface area contributed by atoms with Crippen molar-refractivity contribution in [2.24, 2.45) is 5.92 Å². The highest BCUT2D eigenvalue weighted by atomic mass is 79.9. The van der Waals surface area contributed by atoms with Crippen LogP contribution < -0.4 is 5.73 Å². The second-order valence-electron chi connectivity index (χ2n) is 4.59. The molecule has 0 saturated carbocycles. The number of carbonyl (C=O) groups is 1. The predicted octanol–water partition coefficient (Wildman–Crippen LogP) is 3.54. The summed E-state index contributed by atoms with van der Waals surface area (Å²) in [7, 11) is 0. The molecule has 1 unspecified atom stereocenters. The molecule has 0 fully saturated rings. The molecule has 0 heterocycles. The van der Waals surface area contributed by atoms with E-state index in [1.54, 1.807) is 18.2 Å². The van der Waals surface area contributed by atoms with Crippen molar-refractivity contribution in [1.82, 2.24) is 4.90 Å². The minimum Gasteiger partial charge on any atom is -0.398 e. The molecule has 2 N–H and O–H groups in total. The summed E-state index contributed by atoms with van der Waals surface area (Å²) < 4.78 is 0.771. The number of nitrogens with zero attached hydrogens (tertiary/aromatic N) is 1.